The molecule has 0 saturated heterocycles. The largest absolute Gasteiger partial charge is 0.355 e. The van der Waals surface area contributed by atoms with E-state index in [0.29, 0.717) is 0 Å². The van der Waals surface area contributed by atoms with Gasteiger partial charge >= 0.3 is 0 Å². The van der Waals surface area contributed by atoms with Crippen molar-refractivity contribution in [3.05, 3.63) is 12.2 Å². The van der Waals surface area contributed by atoms with Gasteiger partial charge in [0.2, 0.25) is 0 Å². The van der Waals surface area contributed by atoms with Crippen molar-refractivity contribution in [1.82, 2.24) is 19.7 Å². The SMILES string of the molecule is COC(CN1CCn2cnnc2C1)OC. The minimum Gasteiger partial charge on any atom is -0.355 e. The number of aromatic nitrogens is 3. The molecule has 0 spiro atoms. The summed E-state index contributed by atoms with van der Waals surface area (Å²) in [7, 11) is 3.31. The zero-order valence-electron chi connectivity index (χ0n) is 9.09. The van der Waals surface area contributed by atoms with Gasteiger partial charge in [0, 0.05) is 27.3 Å². The summed E-state index contributed by atoms with van der Waals surface area (Å²) in [4.78, 5) is 2.25. The molecule has 0 fully saturated rings. The fourth-order valence-electron chi connectivity index (χ4n) is 1.73. The fourth-order valence-corrected chi connectivity index (χ4v) is 1.73. The molecule has 2 heterocycles. The lowest BCUT2D eigenvalue weighted by Gasteiger charge is -2.29. The topological polar surface area (TPSA) is 52.4 Å². The van der Waals surface area contributed by atoms with E-state index < -0.39 is 0 Å². The van der Waals surface area contributed by atoms with Crippen LogP contribution < -0.4 is 0 Å². The van der Waals surface area contributed by atoms with Gasteiger partial charge in [-0.1, -0.05) is 0 Å². The summed E-state index contributed by atoms with van der Waals surface area (Å²) in [6, 6.07) is 0. The molecule has 0 saturated carbocycles. The molecule has 0 aromatic carbocycles. The zero-order chi connectivity index (χ0) is 10.7. The van der Waals surface area contributed by atoms with Crippen LogP contribution in [0.3, 0.4) is 0 Å². The van der Waals surface area contributed by atoms with E-state index in [9.17, 15) is 0 Å². The van der Waals surface area contributed by atoms with E-state index in [1.165, 1.54) is 0 Å². The van der Waals surface area contributed by atoms with Gasteiger partial charge in [-0.25, -0.2) is 0 Å². The van der Waals surface area contributed by atoms with Gasteiger partial charge < -0.3 is 14.0 Å². The Hall–Kier alpha value is -0.980. The number of methoxy groups -OCH3 is 2. The molecule has 2 rings (SSSR count). The van der Waals surface area contributed by atoms with Gasteiger partial charge in [0.05, 0.1) is 13.1 Å². The highest BCUT2D eigenvalue weighted by Crippen LogP contribution is 2.09. The van der Waals surface area contributed by atoms with Crippen LogP contribution in [0, 0.1) is 0 Å². The normalized spacial score (nSPS) is 17.0. The Bertz CT molecular complexity index is 311. The Labute approximate surface area is 88.8 Å². The van der Waals surface area contributed by atoms with E-state index >= 15 is 0 Å². The number of nitrogens with zero attached hydrogens (tertiary/aromatic N) is 4. The molecule has 1 aliphatic heterocycles. The van der Waals surface area contributed by atoms with E-state index in [-0.39, 0.29) is 6.29 Å². The Morgan fingerprint density at radius 1 is 1.40 bits per heavy atom. The van der Waals surface area contributed by atoms with Crippen molar-refractivity contribution in [2.75, 3.05) is 27.3 Å². The lowest BCUT2D eigenvalue weighted by Crippen LogP contribution is -2.39. The first-order chi connectivity index (χ1) is 7.33. The van der Waals surface area contributed by atoms with Crippen LogP contribution in [0.4, 0.5) is 0 Å². The third kappa shape index (κ3) is 2.34. The highest BCUT2D eigenvalue weighted by molar-refractivity contribution is 4.89. The van der Waals surface area contributed by atoms with E-state index in [4.69, 9.17) is 9.47 Å². The smallest absolute Gasteiger partial charge is 0.169 e. The summed E-state index contributed by atoms with van der Waals surface area (Å²) in [5.74, 6) is 1.01. The summed E-state index contributed by atoms with van der Waals surface area (Å²) >= 11 is 0. The minimum atomic E-state index is -0.167. The number of fused-ring (bicyclic) bond motifs is 1. The maximum absolute atomic E-state index is 5.16. The van der Waals surface area contributed by atoms with Crippen molar-refractivity contribution in [2.24, 2.45) is 0 Å². The van der Waals surface area contributed by atoms with Crippen molar-refractivity contribution in [3.8, 4) is 0 Å². The summed E-state index contributed by atoms with van der Waals surface area (Å²) in [5.41, 5.74) is 0. The van der Waals surface area contributed by atoms with Gasteiger partial charge in [0.25, 0.3) is 0 Å². The summed E-state index contributed by atoms with van der Waals surface area (Å²) in [5, 5.41) is 7.94. The van der Waals surface area contributed by atoms with Crippen LogP contribution in [0.2, 0.25) is 0 Å². The maximum atomic E-state index is 5.16. The molecule has 84 valence electrons. The molecular formula is C9H16N4O2. The molecule has 0 N–H and O–H groups in total. The van der Waals surface area contributed by atoms with Gasteiger partial charge in [0.1, 0.15) is 12.2 Å². The summed E-state index contributed by atoms with van der Waals surface area (Å²) in [6.45, 7) is 3.49. The van der Waals surface area contributed by atoms with Crippen LogP contribution in [0.25, 0.3) is 0 Å². The van der Waals surface area contributed by atoms with E-state index in [1.54, 1.807) is 20.5 Å². The molecular weight excluding hydrogens is 196 g/mol. The van der Waals surface area contributed by atoms with E-state index in [1.807, 2.05) is 0 Å². The highest BCUT2D eigenvalue weighted by Gasteiger charge is 2.20. The first-order valence-electron chi connectivity index (χ1n) is 4.98. The second-order valence-corrected chi connectivity index (χ2v) is 3.58. The van der Waals surface area contributed by atoms with Crippen LogP contribution >= 0.6 is 0 Å². The molecule has 0 unspecified atom stereocenters. The fraction of sp³-hybridized carbons (Fsp3) is 0.778. The molecule has 6 nitrogen and oxygen atoms in total. The van der Waals surface area contributed by atoms with Crippen molar-refractivity contribution in [2.45, 2.75) is 19.4 Å². The van der Waals surface area contributed by atoms with Crippen LogP contribution in [-0.4, -0.2) is 53.3 Å². The van der Waals surface area contributed by atoms with Crippen molar-refractivity contribution in [1.29, 1.82) is 0 Å². The molecule has 15 heavy (non-hydrogen) atoms. The average molecular weight is 212 g/mol. The molecule has 6 heteroatoms. The minimum absolute atomic E-state index is 0.167. The standard InChI is InChI=1S/C9H16N4O2/c1-14-9(15-2)6-12-3-4-13-7-10-11-8(13)5-12/h7,9H,3-6H2,1-2H3. The Balaban J connectivity index is 1.92. The Morgan fingerprint density at radius 3 is 2.93 bits per heavy atom. The molecule has 1 aromatic rings. The Kier molecular flexibility index (Phi) is 3.30. The Morgan fingerprint density at radius 2 is 2.20 bits per heavy atom. The number of hydrogen-bond donors (Lipinski definition) is 0. The van der Waals surface area contributed by atoms with Crippen molar-refractivity contribution in [3.63, 3.8) is 0 Å². The molecule has 0 amide bonds. The van der Waals surface area contributed by atoms with E-state index in [2.05, 4.69) is 19.7 Å². The third-order valence-corrected chi connectivity index (χ3v) is 2.65. The first-order valence-corrected chi connectivity index (χ1v) is 4.98. The van der Waals surface area contributed by atoms with Gasteiger partial charge in [-0.2, -0.15) is 0 Å². The summed E-state index contributed by atoms with van der Waals surface area (Å²) in [6.07, 6.45) is 1.61. The van der Waals surface area contributed by atoms with Crippen molar-refractivity contribution >= 4 is 0 Å². The molecule has 0 bridgehead atoms. The van der Waals surface area contributed by atoms with E-state index in [0.717, 1.165) is 32.0 Å². The lowest BCUT2D eigenvalue weighted by molar-refractivity contribution is -0.118. The predicted molar refractivity (Wildman–Crippen MR) is 53.1 cm³/mol. The molecule has 0 atom stereocenters. The van der Waals surface area contributed by atoms with Crippen LogP contribution in [0.5, 0.6) is 0 Å². The first kappa shape index (κ1) is 10.5. The van der Waals surface area contributed by atoms with Gasteiger partial charge in [0.15, 0.2) is 6.29 Å². The van der Waals surface area contributed by atoms with Crippen molar-refractivity contribution < 1.29 is 9.47 Å². The monoisotopic (exact) mass is 212 g/mol. The zero-order valence-corrected chi connectivity index (χ0v) is 9.09. The third-order valence-electron chi connectivity index (χ3n) is 2.65. The second-order valence-electron chi connectivity index (χ2n) is 3.58. The van der Waals surface area contributed by atoms with Crippen LogP contribution in [-0.2, 0) is 22.6 Å². The molecule has 1 aliphatic rings. The highest BCUT2D eigenvalue weighted by atomic mass is 16.7. The molecule has 0 radical (unpaired) electrons. The number of rotatable bonds is 4. The second kappa shape index (κ2) is 4.69. The maximum Gasteiger partial charge on any atom is 0.169 e. The van der Waals surface area contributed by atoms with Gasteiger partial charge in [-0.05, 0) is 0 Å². The number of ether oxygens (including phenoxy) is 2. The van der Waals surface area contributed by atoms with Gasteiger partial charge in [-0.3, -0.25) is 4.90 Å². The van der Waals surface area contributed by atoms with Crippen LogP contribution in [0.15, 0.2) is 6.33 Å². The number of hydrogen-bond acceptors (Lipinski definition) is 5. The average Bonchev–Trinajstić information content (AvgIpc) is 2.73. The summed E-state index contributed by atoms with van der Waals surface area (Å²) < 4.78 is 12.4. The quantitative estimate of drug-likeness (QED) is 0.642. The molecule has 1 aromatic heterocycles. The van der Waals surface area contributed by atoms with Crippen LogP contribution in [0.1, 0.15) is 5.82 Å². The molecule has 0 aliphatic carbocycles. The predicted octanol–water partition coefficient (Wildman–Crippen LogP) is -0.287. The lowest BCUT2D eigenvalue weighted by atomic mass is 10.3. The van der Waals surface area contributed by atoms with Gasteiger partial charge in [-0.15, -0.1) is 10.2 Å².